The van der Waals surface area contributed by atoms with Crippen molar-refractivity contribution in [3.8, 4) is 11.5 Å². The molecule has 0 saturated heterocycles. The van der Waals surface area contributed by atoms with Crippen molar-refractivity contribution in [3.05, 3.63) is 29.1 Å². The van der Waals surface area contributed by atoms with E-state index in [4.69, 9.17) is 15.2 Å². The second-order valence-electron chi connectivity index (χ2n) is 4.47. The van der Waals surface area contributed by atoms with Gasteiger partial charge in [-0.2, -0.15) is 0 Å². The van der Waals surface area contributed by atoms with Gasteiger partial charge < -0.3 is 15.2 Å². The highest BCUT2D eigenvalue weighted by Gasteiger charge is 2.21. The lowest BCUT2D eigenvalue weighted by Gasteiger charge is -2.10. The van der Waals surface area contributed by atoms with Crippen molar-refractivity contribution < 1.29 is 17.9 Å². The molecule has 0 atom stereocenters. The Kier molecular flexibility index (Phi) is 3.42. The van der Waals surface area contributed by atoms with Gasteiger partial charge in [0.05, 0.1) is 11.4 Å². The summed E-state index contributed by atoms with van der Waals surface area (Å²) < 4.78 is 37.9. The van der Waals surface area contributed by atoms with Crippen LogP contribution >= 0.6 is 11.3 Å². The van der Waals surface area contributed by atoms with Gasteiger partial charge in [0.25, 0.3) is 10.0 Å². The highest BCUT2D eigenvalue weighted by atomic mass is 32.2. The van der Waals surface area contributed by atoms with Crippen LogP contribution in [0.25, 0.3) is 0 Å². The summed E-state index contributed by atoms with van der Waals surface area (Å²) in [4.78, 5) is 1.01. The predicted octanol–water partition coefficient (Wildman–Crippen LogP) is 2.42. The Hall–Kier alpha value is -1.93. The lowest BCUT2D eigenvalue weighted by Crippen LogP contribution is -2.12. The monoisotopic (exact) mass is 326 g/mol. The molecule has 2 heterocycles. The summed E-state index contributed by atoms with van der Waals surface area (Å²) in [5.41, 5.74) is 6.42. The first-order valence-corrected chi connectivity index (χ1v) is 8.60. The van der Waals surface area contributed by atoms with Crippen molar-refractivity contribution in [3.63, 3.8) is 0 Å². The lowest BCUT2D eigenvalue weighted by molar-refractivity contribution is 0.174. The molecule has 112 valence electrons. The molecule has 0 aliphatic carbocycles. The molecule has 0 spiro atoms. The average Bonchev–Trinajstić information content (AvgIpc) is 3.07. The molecular formula is C13H14N2O4S2. The smallest absolute Gasteiger partial charge is 0.271 e. The lowest BCUT2D eigenvalue weighted by atomic mass is 10.2. The van der Waals surface area contributed by atoms with Gasteiger partial charge in [0.1, 0.15) is 4.21 Å². The third-order valence-electron chi connectivity index (χ3n) is 3.04. The van der Waals surface area contributed by atoms with Gasteiger partial charge in [-0.25, -0.2) is 8.42 Å². The van der Waals surface area contributed by atoms with Crippen LogP contribution in [0.5, 0.6) is 11.5 Å². The van der Waals surface area contributed by atoms with Crippen molar-refractivity contribution in [1.29, 1.82) is 0 Å². The summed E-state index contributed by atoms with van der Waals surface area (Å²) >= 11 is 1.24. The molecule has 3 rings (SSSR count). The minimum absolute atomic E-state index is 0.107. The van der Waals surface area contributed by atoms with Gasteiger partial charge >= 0.3 is 0 Å². The number of nitrogens with one attached hydrogen (secondary N) is 1. The number of sulfonamides is 1. The highest BCUT2D eigenvalue weighted by molar-refractivity contribution is 7.94. The van der Waals surface area contributed by atoms with Gasteiger partial charge in [-0.15, -0.1) is 11.3 Å². The number of thiophene rings is 1. The number of aryl methyl sites for hydroxylation is 1. The normalized spacial score (nSPS) is 13.4. The van der Waals surface area contributed by atoms with Gasteiger partial charge in [0.15, 0.2) is 11.5 Å². The molecule has 2 aromatic rings. The largest absolute Gasteiger partial charge is 0.454 e. The van der Waals surface area contributed by atoms with Gasteiger partial charge in [-0.1, -0.05) is 6.92 Å². The Morgan fingerprint density at radius 3 is 2.67 bits per heavy atom. The molecule has 0 radical (unpaired) electrons. The Labute approximate surface area is 126 Å². The molecule has 0 fully saturated rings. The first-order valence-electron chi connectivity index (χ1n) is 6.30. The maximum absolute atomic E-state index is 12.4. The number of fused-ring (bicyclic) bond motifs is 1. The van der Waals surface area contributed by atoms with Crippen molar-refractivity contribution in [2.45, 2.75) is 17.6 Å². The quantitative estimate of drug-likeness (QED) is 0.842. The number of hydrogen-bond acceptors (Lipinski definition) is 6. The standard InChI is InChI=1S/C13H14N2O4S2/c1-2-8-3-4-13(20-8)21(16,17)15-10-6-12-11(5-9(10)14)18-7-19-12/h3-6,15H,2,7,14H2,1H3. The van der Waals surface area contributed by atoms with Crippen LogP contribution < -0.4 is 19.9 Å². The van der Waals surface area contributed by atoms with E-state index in [1.807, 2.05) is 13.0 Å². The van der Waals surface area contributed by atoms with E-state index in [0.717, 1.165) is 11.3 Å². The number of ether oxygens (including phenoxy) is 2. The van der Waals surface area contributed by atoms with Crippen LogP contribution in [-0.4, -0.2) is 15.2 Å². The molecule has 0 bridgehead atoms. The molecule has 3 N–H and O–H groups in total. The van der Waals surface area contributed by atoms with Crippen molar-refractivity contribution in [1.82, 2.24) is 0 Å². The van der Waals surface area contributed by atoms with E-state index in [1.165, 1.54) is 17.4 Å². The van der Waals surface area contributed by atoms with E-state index in [0.29, 0.717) is 11.5 Å². The van der Waals surface area contributed by atoms with E-state index < -0.39 is 10.0 Å². The fourth-order valence-electron chi connectivity index (χ4n) is 1.93. The SMILES string of the molecule is CCc1ccc(S(=O)(=O)Nc2cc3c(cc2N)OCO3)s1. The molecule has 1 aromatic carbocycles. The summed E-state index contributed by atoms with van der Waals surface area (Å²) in [7, 11) is -3.65. The molecule has 0 unspecified atom stereocenters. The second-order valence-corrected chi connectivity index (χ2v) is 7.55. The van der Waals surface area contributed by atoms with E-state index >= 15 is 0 Å². The molecule has 0 saturated carbocycles. The summed E-state index contributed by atoms with van der Waals surface area (Å²) in [5, 5.41) is 0. The summed E-state index contributed by atoms with van der Waals surface area (Å²) in [6, 6.07) is 6.48. The number of nitrogens with two attached hydrogens (primary N) is 1. The molecule has 8 heteroatoms. The first-order chi connectivity index (χ1) is 9.99. The van der Waals surface area contributed by atoms with Crippen molar-refractivity contribution in [2.24, 2.45) is 0 Å². The molecule has 1 aliphatic rings. The Morgan fingerprint density at radius 2 is 2.00 bits per heavy atom. The highest BCUT2D eigenvalue weighted by Crippen LogP contribution is 2.39. The summed E-state index contributed by atoms with van der Waals surface area (Å²) in [6.07, 6.45) is 0.798. The number of anilines is 2. The van der Waals surface area contributed by atoms with Gasteiger partial charge in [0, 0.05) is 17.0 Å². The maximum atomic E-state index is 12.4. The van der Waals surface area contributed by atoms with E-state index in [1.54, 1.807) is 12.1 Å². The van der Waals surface area contributed by atoms with E-state index in [-0.39, 0.29) is 22.4 Å². The Bertz CT molecular complexity index is 783. The van der Waals surface area contributed by atoms with Crippen LogP contribution in [0.4, 0.5) is 11.4 Å². The average molecular weight is 326 g/mol. The maximum Gasteiger partial charge on any atom is 0.271 e. The Balaban J connectivity index is 1.92. The second kappa shape index (κ2) is 5.12. The van der Waals surface area contributed by atoms with Crippen molar-refractivity contribution in [2.75, 3.05) is 17.2 Å². The number of nitrogen functional groups attached to an aromatic ring is 1. The van der Waals surface area contributed by atoms with Crippen LogP contribution in [0.2, 0.25) is 0 Å². The molecular weight excluding hydrogens is 312 g/mol. The van der Waals surface area contributed by atoms with Crippen LogP contribution in [0, 0.1) is 0 Å². The van der Waals surface area contributed by atoms with Crippen molar-refractivity contribution >= 4 is 32.7 Å². The third kappa shape index (κ3) is 2.64. The topological polar surface area (TPSA) is 90.7 Å². The van der Waals surface area contributed by atoms with Gasteiger partial charge in [0.2, 0.25) is 6.79 Å². The molecule has 1 aliphatic heterocycles. The first kappa shape index (κ1) is 14.0. The van der Waals surface area contributed by atoms with Gasteiger partial charge in [-0.3, -0.25) is 4.72 Å². The molecule has 0 amide bonds. The zero-order valence-corrected chi connectivity index (χ0v) is 12.9. The van der Waals surface area contributed by atoms with Crippen LogP contribution in [0.15, 0.2) is 28.5 Å². The molecule has 1 aromatic heterocycles. The number of rotatable bonds is 4. The summed E-state index contributed by atoms with van der Waals surface area (Å²) in [6.45, 7) is 2.08. The number of benzene rings is 1. The zero-order valence-electron chi connectivity index (χ0n) is 11.3. The van der Waals surface area contributed by atoms with Gasteiger partial charge in [-0.05, 0) is 18.6 Å². The minimum atomic E-state index is -3.65. The molecule has 21 heavy (non-hydrogen) atoms. The molecule has 6 nitrogen and oxygen atoms in total. The van der Waals surface area contributed by atoms with Crippen LogP contribution in [0.1, 0.15) is 11.8 Å². The van der Waals surface area contributed by atoms with Crippen LogP contribution in [0.3, 0.4) is 0 Å². The summed E-state index contributed by atoms with van der Waals surface area (Å²) in [5.74, 6) is 0.988. The van der Waals surface area contributed by atoms with E-state index in [9.17, 15) is 8.42 Å². The fourth-order valence-corrected chi connectivity index (χ4v) is 4.31. The zero-order chi connectivity index (χ0) is 15.0. The number of hydrogen-bond donors (Lipinski definition) is 2. The predicted molar refractivity (Wildman–Crippen MR) is 81.5 cm³/mol. The third-order valence-corrected chi connectivity index (χ3v) is 6.13. The fraction of sp³-hybridized carbons (Fsp3) is 0.231. The Morgan fingerprint density at radius 1 is 1.29 bits per heavy atom. The van der Waals surface area contributed by atoms with E-state index in [2.05, 4.69) is 4.72 Å². The van der Waals surface area contributed by atoms with Crippen LogP contribution in [-0.2, 0) is 16.4 Å². The minimum Gasteiger partial charge on any atom is -0.454 e.